The number of aryl methyl sites for hydroxylation is 1. The fraction of sp³-hybridized carbons (Fsp3) is 0.280. The molecule has 2 aromatic carbocycles. The Morgan fingerprint density at radius 3 is 2.50 bits per heavy atom. The van der Waals surface area contributed by atoms with E-state index in [4.69, 9.17) is 5.26 Å². The van der Waals surface area contributed by atoms with Crippen molar-refractivity contribution >= 4 is 16.8 Å². The van der Waals surface area contributed by atoms with Crippen LogP contribution in [0.25, 0.3) is 28.0 Å². The van der Waals surface area contributed by atoms with Crippen LogP contribution in [0.1, 0.15) is 41.0 Å². The molecule has 1 aliphatic heterocycles. The Bertz CT molecular complexity index is 1520. The summed E-state index contributed by atoms with van der Waals surface area (Å²) in [4.78, 5) is 18.8. The number of nitrogens with zero attached hydrogens (tertiary/aromatic N) is 6. The van der Waals surface area contributed by atoms with Crippen LogP contribution in [0, 0.1) is 17.1 Å². The summed E-state index contributed by atoms with van der Waals surface area (Å²) in [6.45, 7) is 0.674. The summed E-state index contributed by atoms with van der Waals surface area (Å²) >= 11 is 0. The fourth-order valence-electron chi connectivity index (χ4n) is 4.53. The van der Waals surface area contributed by atoms with Crippen LogP contribution >= 0.6 is 0 Å². The third-order valence-corrected chi connectivity index (χ3v) is 6.20. The normalized spacial score (nSPS) is 14.3. The number of alkyl halides is 3. The van der Waals surface area contributed by atoms with Gasteiger partial charge in [0.15, 0.2) is 11.4 Å². The SMILES string of the molecule is Cn1cc2ccc(-n3c(-c4ccc(C#N)c(F)c4)nc(C(=O)N4CCCCC4)c3C(F)(F)F)cc2n1. The maximum absolute atomic E-state index is 14.6. The lowest BCUT2D eigenvalue weighted by Gasteiger charge is -2.26. The molecule has 3 heterocycles. The molecule has 184 valence electrons. The number of fused-ring (bicyclic) bond motifs is 1. The quantitative estimate of drug-likeness (QED) is 0.371. The lowest BCUT2D eigenvalue weighted by Crippen LogP contribution is -2.37. The molecular formula is C25H20F4N6O. The second-order valence-electron chi connectivity index (χ2n) is 8.67. The van der Waals surface area contributed by atoms with E-state index in [1.54, 1.807) is 25.4 Å². The van der Waals surface area contributed by atoms with Crippen LogP contribution in [-0.2, 0) is 13.2 Å². The summed E-state index contributed by atoms with van der Waals surface area (Å²) in [5, 5.41) is 14.1. The predicted molar refractivity (Wildman–Crippen MR) is 123 cm³/mol. The molecule has 36 heavy (non-hydrogen) atoms. The van der Waals surface area contributed by atoms with Crippen molar-refractivity contribution in [3.63, 3.8) is 0 Å². The molecular weight excluding hydrogens is 476 g/mol. The highest BCUT2D eigenvalue weighted by atomic mass is 19.4. The van der Waals surface area contributed by atoms with Gasteiger partial charge in [0.2, 0.25) is 0 Å². The number of piperidine rings is 1. The van der Waals surface area contributed by atoms with E-state index in [1.807, 2.05) is 0 Å². The van der Waals surface area contributed by atoms with Gasteiger partial charge in [0, 0.05) is 43.0 Å². The van der Waals surface area contributed by atoms with Gasteiger partial charge in [0.25, 0.3) is 5.91 Å². The largest absolute Gasteiger partial charge is 0.434 e. The van der Waals surface area contributed by atoms with Crippen molar-refractivity contribution in [2.24, 2.45) is 7.05 Å². The van der Waals surface area contributed by atoms with Gasteiger partial charge < -0.3 is 4.90 Å². The first-order valence-electron chi connectivity index (χ1n) is 11.3. The number of benzene rings is 2. The second kappa shape index (κ2) is 8.78. The molecule has 5 rings (SSSR count). The minimum atomic E-state index is -4.95. The second-order valence-corrected chi connectivity index (χ2v) is 8.67. The molecule has 1 saturated heterocycles. The Labute approximate surface area is 203 Å². The molecule has 0 N–H and O–H groups in total. The van der Waals surface area contributed by atoms with Gasteiger partial charge in [-0.3, -0.25) is 14.0 Å². The van der Waals surface area contributed by atoms with Crippen LogP contribution in [0.2, 0.25) is 0 Å². The minimum absolute atomic E-state index is 0.00388. The molecule has 0 spiro atoms. The highest BCUT2D eigenvalue weighted by Crippen LogP contribution is 2.39. The summed E-state index contributed by atoms with van der Waals surface area (Å²) in [5.41, 5.74) is -1.74. The van der Waals surface area contributed by atoms with Gasteiger partial charge in [-0.1, -0.05) is 0 Å². The van der Waals surface area contributed by atoms with Crippen molar-refractivity contribution in [3.05, 3.63) is 65.4 Å². The lowest BCUT2D eigenvalue weighted by atomic mass is 10.1. The first-order chi connectivity index (χ1) is 17.2. The number of carbonyl (C=O) groups excluding carboxylic acids is 1. The molecule has 0 saturated carbocycles. The van der Waals surface area contributed by atoms with Crippen LogP contribution in [0.5, 0.6) is 0 Å². The number of imidazole rings is 1. The number of carbonyl (C=O) groups is 1. The predicted octanol–water partition coefficient (Wildman–Crippen LogP) is 5.08. The van der Waals surface area contributed by atoms with E-state index < -0.39 is 29.3 Å². The maximum Gasteiger partial charge on any atom is 0.434 e. The van der Waals surface area contributed by atoms with Crippen LogP contribution in [-0.4, -0.2) is 43.2 Å². The number of hydrogen-bond donors (Lipinski definition) is 0. The standard InChI is InChI=1S/C25H20F4N6O/c1-33-14-17-7-8-18(12-20(17)32-33)35-22(25(27,28)29)21(24(36)34-9-3-2-4-10-34)31-23(35)15-5-6-16(13-30)19(26)11-15/h5-8,11-12,14H,2-4,9-10H2,1H3. The topological polar surface area (TPSA) is 79.7 Å². The molecule has 0 unspecified atom stereocenters. The van der Waals surface area contributed by atoms with E-state index in [2.05, 4.69) is 10.1 Å². The van der Waals surface area contributed by atoms with Crippen molar-refractivity contribution in [2.45, 2.75) is 25.4 Å². The third-order valence-electron chi connectivity index (χ3n) is 6.20. The van der Waals surface area contributed by atoms with Crippen molar-refractivity contribution in [1.82, 2.24) is 24.2 Å². The van der Waals surface area contributed by atoms with Crippen LogP contribution in [0.4, 0.5) is 17.6 Å². The highest BCUT2D eigenvalue weighted by molar-refractivity contribution is 5.95. The first-order valence-corrected chi connectivity index (χ1v) is 11.3. The van der Waals surface area contributed by atoms with E-state index in [-0.39, 0.29) is 22.6 Å². The highest BCUT2D eigenvalue weighted by Gasteiger charge is 2.43. The van der Waals surface area contributed by atoms with E-state index in [1.165, 1.54) is 33.8 Å². The molecule has 1 fully saturated rings. The van der Waals surface area contributed by atoms with Gasteiger partial charge in [-0.15, -0.1) is 0 Å². The minimum Gasteiger partial charge on any atom is -0.337 e. The number of amides is 1. The van der Waals surface area contributed by atoms with E-state index in [9.17, 15) is 22.4 Å². The zero-order chi connectivity index (χ0) is 25.6. The Hall–Kier alpha value is -4.20. The molecule has 0 aliphatic carbocycles. The molecule has 1 aliphatic rings. The number of aromatic nitrogens is 4. The Kier molecular flexibility index (Phi) is 5.74. The Balaban J connectivity index is 1.79. The third kappa shape index (κ3) is 4.08. The molecule has 7 nitrogen and oxygen atoms in total. The molecule has 0 atom stereocenters. The van der Waals surface area contributed by atoms with Gasteiger partial charge in [0.1, 0.15) is 17.7 Å². The number of halogens is 4. The van der Waals surface area contributed by atoms with Crippen LogP contribution in [0.3, 0.4) is 0 Å². The monoisotopic (exact) mass is 496 g/mol. The molecule has 2 aromatic heterocycles. The first kappa shape index (κ1) is 23.5. The summed E-state index contributed by atoms with van der Waals surface area (Å²) in [5.74, 6) is -1.99. The van der Waals surface area contributed by atoms with Crippen molar-refractivity contribution in [1.29, 1.82) is 5.26 Å². The zero-order valence-electron chi connectivity index (χ0n) is 19.2. The lowest BCUT2D eigenvalue weighted by molar-refractivity contribution is -0.142. The molecule has 0 bridgehead atoms. The number of nitriles is 1. The number of hydrogen-bond acceptors (Lipinski definition) is 4. The van der Waals surface area contributed by atoms with Crippen molar-refractivity contribution < 1.29 is 22.4 Å². The summed E-state index contributed by atoms with van der Waals surface area (Å²) < 4.78 is 60.7. The van der Waals surface area contributed by atoms with Gasteiger partial charge in [-0.25, -0.2) is 9.37 Å². The van der Waals surface area contributed by atoms with Crippen LogP contribution < -0.4 is 0 Å². The van der Waals surface area contributed by atoms with Gasteiger partial charge in [-0.05, 0) is 55.7 Å². The van der Waals surface area contributed by atoms with Crippen molar-refractivity contribution in [3.8, 4) is 23.1 Å². The van der Waals surface area contributed by atoms with Gasteiger partial charge in [0.05, 0.1) is 11.1 Å². The molecule has 1 amide bonds. The maximum atomic E-state index is 14.6. The summed E-state index contributed by atoms with van der Waals surface area (Å²) in [6.07, 6.45) is -0.948. The molecule has 11 heteroatoms. The number of rotatable bonds is 3. The summed E-state index contributed by atoms with van der Waals surface area (Å²) in [7, 11) is 1.69. The van der Waals surface area contributed by atoms with E-state index in [0.29, 0.717) is 36.8 Å². The summed E-state index contributed by atoms with van der Waals surface area (Å²) in [6, 6.07) is 9.68. The van der Waals surface area contributed by atoms with E-state index in [0.717, 1.165) is 17.1 Å². The fourth-order valence-corrected chi connectivity index (χ4v) is 4.53. The van der Waals surface area contributed by atoms with Gasteiger partial charge in [-0.2, -0.15) is 23.5 Å². The smallest absolute Gasteiger partial charge is 0.337 e. The van der Waals surface area contributed by atoms with Crippen LogP contribution in [0.15, 0.2) is 42.6 Å². The average molecular weight is 496 g/mol. The zero-order valence-corrected chi connectivity index (χ0v) is 19.2. The Morgan fingerprint density at radius 1 is 1.08 bits per heavy atom. The Morgan fingerprint density at radius 2 is 1.83 bits per heavy atom. The molecule has 0 radical (unpaired) electrons. The van der Waals surface area contributed by atoms with Crippen molar-refractivity contribution in [2.75, 3.05) is 13.1 Å². The van der Waals surface area contributed by atoms with E-state index >= 15 is 0 Å². The average Bonchev–Trinajstić information content (AvgIpc) is 3.43. The number of likely N-dealkylation sites (tertiary alicyclic amines) is 1. The molecule has 4 aromatic rings. The van der Waals surface area contributed by atoms with Gasteiger partial charge >= 0.3 is 6.18 Å².